The quantitative estimate of drug-likeness (QED) is 0.439. The van der Waals surface area contributed by atoms with Crippen LogP contribution >= 0.6 is 11.8 Å². The maximum absolute atomic E-state index is 11.0. The number of aromatic nitrogens is 1. The van der Waals surface area contributed by atoms with Gasteiger partial charge in [-0.25, -0.2) is 9.78 Å². The Labute approximate surface area is 123 Å². The Balaban J connectivity index is 2.87. The molecular weight excluding hydrogens is 300 g/mol. The number of nitro groups is 1. The molecule has 10 heteroatoms. The predicted octanol–water partition coefficient (Wildman–Crippen LogP) is 0.543. The molecule has 21 heavy (non-hydrogen) atoms. The molecule has 0 aliphatic heterocycles. The molecule has 9 nitrogen and oxygen atoms in total. The van der Waals surface area contributed by atoms with E-state index in [0.717, 1.165) is 24.0 Å². The summed E-state index contributed by atoms with van der Waals surface area (Å²) in [6.45, 7) is 1.19. The van der Waals surface area contributed by atoms with Gasteiger partial charge in [0.2, 0.25) is 5.91 Å². The molecule has 0 radical (unpaired) electrons. The van der Waals surface area contributed by atoms with Gasteiger partial charge >= 0.3 is 5.97 Å². The van der Waals surface area contributed by atoms with E-state index in [1.165, 1.54) is 6.92 Å². The van der Waals surface area contributed by atoms with E-state index in [1.54, 1.807) is 6.07 Å². The summed E-state index contributed by atoms with van der Waals surface area (Å²) in [5.41, 5.74) is -0.353. The van der Waals surface area contributed by atoms with Crippen LogP contribution in [0.5, 0.6) is 0 Å². The molecule has 0 aliphatic carbocycles. The average Bonchev–Trinajstić information content (AvgIpc) is 2.42. The molecule has 0 bridgehead atoms. The summed E-state index contributed by atoms with van der Waals surface area (Å²) >= 11 is 0.919. The number of hydrogen-bond donors (Lipinski definition) is 2. The van der Waals surface area contributed by atoms with Gasteiger partial charge in [-0.1, -0.05) is 0 Å². The zero-order valence-electron chi connectivity index (χ0n) is 10.8. The number of carboxylic acid groups (broad SMARTS) is 1. The van der Waals surface area contributed by atoms with Crippen molar-refractivity contribution >= 4 is 29.3 Å². The number of nitrogens with one attached hydrogen (secondary N) is 1. The third-order valence-electron chi connectivity index (χ3n) is 2.23. The van der Waals surface area contributed by atoms with Gasteiger partial charge in [0.15, 0.2) is 0 Å². The maximum atomic E-state index is 11.0. The molecule has 0 fully saturated rings. The molecule has 0 spiro atoms. The summed E-state index contributed by atoms with van der Waals surface area (Å²) < 4.78 is 0. The van der Waals surface area contributed by atoms with Crippen LogP contribution < -0.4 is 5.32 Å². The van der Waals surface area contributed by atoms with Crippen molar-refractivity contribution in [3.8, 4) is 6.07 Å². The standard InChI is InChI=1S/C11H10N4O5S/c1-6(16)14-9(11(17)18)5-21-10-7(3-12)2-8(4-13-10)15(19)20/h2,4,9H,5H2,1H3,(H,14,16)(H,17,18)/t9-/m0/s1. The van der Waals surface area contributed by atoms with Crippen LogP contribution in [0.15, 0.2) is 17.3 Å². The van der Waals surface area contributed by atoms with Crippen molar-refractivity contribution in [1.29, 1.82) is 5.26 Å². The first kappa shape index (κ1) is 16.4. The molecular formula is C11H10N4O5S. The van der Waals surface area contributed by atoms with Crippen molar-refractivity contribution in [3.63, 3.8) is 0 Å². The summed E-state index contributed by atoms with van der Waals surface area (Å²) in [5, 5.41) is 30.9. The molecule has 0 aliphatic rings. The number of hydrogen-bond acceptors (Lipinski definition) is 7. The normalized spacial score (nSPS) is 11.2. The van der Waals surface area contributed by atoms with Crippen LogP contribution in [0.25, 0.3) is 0 Å². The highest BCUT2D eigenvalue weighted by Gasteiger charge is 2.20. The van der Waals surface area contributed by atoms with Gasteiger partial charge in [-0.05, 0) is 0 Å². The number of amides is 1. The molecule has 0 saturated carbocycles. The fourth-order valence-corrected chi connectivity index (χ4v) is 2.26. The Kier molecular flexibility index (Phi) is 5.62. The molecule has 1 aromatic heterocycles. The van der Waals surface area contributed by atoms with Crippen LogP contribution in [0.2, 0.25) is 0 Å². The predicted molar refractivity (Wildman–Crippen MR) is 71.6 cm³/mol. The van der Waals surface area contributed by atoms with Gasteiger partial charge in [-0.3, -0.25) is 14.9 Å². The van der Waals surface area contributed by atoms with Crippen molar-refractivity contribution in [3.05, 3.63) is 27.9 Å². The van der Waals surface area contributed by atoms with Gasteiger partial charge in [-0.2, -0.15) is 5.26 Å². The Morgan fingerprint density at radius 3 is 2.81 bits per heavy atom. The van der Waals surface area contributed by atoms with Gasteiger partial charge in [0.1, 0.15) is 23.3 Å². The van der Waals surface area contributed by atoms with Gasteiger partial charge in [0, 0.05) is 18.7 Å². The Bertz CT molecular complexity index is 628. The molecule has 1 atom stereocenters. The second-order valence-electron chi connectivity index (χ2n) is 3.82. The van der Waals surface area contributed by atoms with Crippen molar-refractivity contribution in [2.75, 3.05) is 5.75 Å². The first-order valence-corrected chi connectivity index (χ1v) is 6.51. The molecule has 0 unspecified atom stereocenters. The molecule has 0 saturated heterocycles. The van der Waals surface area contributed by atoms with Gasteiger partial charge in [0.25, 0.3) is 5.69 Å². The number of nitrogens with zero attached hydrogens (tertiary/aromatic N) is 3. The highest BCUT2D eigenvalue weighted by atomic mass is 32.2. The number of carboxylic acids is 1. The van der Waals surface area contributed by atoms with E-state index < -0.39 is 22.8 Å². The Hall–Kier alpha value is -2.67. The average molecular weight is 310 g/mol. The van der Waals surface area contributed by atoms with Gasteiger partial charge in [0.05, 0.1) is 10.5 Å². The zero-order valence-corrected chi connectivity index (χ0v) is 11.6. The highest BCUT2D eigenvalue weighted by Crippen LogP contribution is 2.24. The second kappa shape index (κ2) is 7.20. The number of carbonyl (C=O) groups excluding carboxylic acids is 1. The maximum Gasteiger partial charge on any atom is 0.327 e. The Morgan fingerprint density at radius 1 is 1.67 bits per heavy atom. The number of pyridine rings is 1. The summed E-state index contributed by atoms with van der Waals surface area (Å²) in [4.78, 5) is 35.5. The van der Waals surface area contributed by atoms with E-state index in [-0.39, 0.29) is 22.0 Å². The molecule has 1 rings (SSSR count). The lowest BCUT2D eigenvalue weighted by molar-refractivity contribution is -0.385. The lowest BCUT2D eigenvalue weighted by Crippen LogP contribution is -2.41. The SMILES string of the molecule is CC(=O)N[C@@H](CSc1ncc([N+](=O)[O-])cc1C#N)C(=O)O. The molecule has 1 aromatic rings. The summed E-state index contributed by atoms with van der Waals surface area (Å²) in [7, 11) is 0. The van der Waals surface area contributed by atoms with Crippen molar-refractivity contribution in [2.45, 2.75) is 18.0 Å². The Morgan fingerprint density at radius 2 is 2.33 bits per heavy atom. The van der Waals surface area contributed by atoms with Crippen LogP contribution in [0.1, 0.15) is 12.5 Å². The second-order valence-corrected chi connectivity index (χ2v) is 4.83. The summed E-state index contributed by atoms with van der Waals surface area (Å²) in [6, 6.07) is 1.68. The summed E-state index contributed by atoms with van der Waals surface area (Å²) in [6.07, 6.45) is 0.983. The zero-order chi connectivity index (χ0) is 16.0. The highest BCUT2D eigenvalue weighted by molar-refractivity contribution is 7.99. The van der Waals surface area contributed by atoms with Crippen LogP contribution in [-0.4, -0.2) is 38.7 Å². The molecule has 0 aromatic carbocycles. The van der Waals surface area contributed by atoms with E-state index in [2.05, 4.69) is 10.3 Å². The molecule has 1 amide bonds. The minimum Gasteiger partial charge on any atom is -0.480 e. The monoisotopic (exact) mass is 310 g/mol. The third-order valence-corrected chi connectivity index (χ3v) is 3.33. The topological polar surface area (TPSA) is 146 Å². The number of aliphatic carboxylic acids is 1. The van der Waals surface area contributed by atoms with E-state index >= 15 is 0 Å². The van der Waals surface area contributed by atoms with Gasteiger partial charge < -0.3 is 10.4 Å². The molecule has 2 N–H and O–H groups in total. The number of carbonyl (C=O) groups is 2. The molecule has 1 heterocycles. The third kappa shape index (κ3) is 4.73. The smallest absolute Gasteiger partial charge is 0.327 e. The van der Waals surface area contributed by atoms with Crippen LogP contribution in [0.3, 0.4) is 0 Å². The van der Waals surface area contributed by atoms with Crippen LogP contribution in [0, 0.1) is 21.4 Å². The largest absolute Gasteiger partial charge is 0.480 e. The fraction of sp³-hybridized carbons (Fsp3) is 0.273. The minimum atomic E-state index is -1.22. The first-order chi connectivity index (χ1) is 9.85. The van der Waals surface area contributed by atoms with Crippen molar-refractivity contribution in [2.24, 2.45) is 0 Å². The van der Waals surface area contributed by atoms with Crippen LogP contribution in [-0.2, 0) is 9.59 Å². The lowest BCUT2D eigenvalue weighted by atomic mass is 10.3. The van der Waals surface area contributed by atoms with Crippen molar-refractivity contribution < 1.29 is 19.6 Å². The number of rotatable bonds is 6. The fourth-order valence-electron chi connectivity index (χ4n) is 1.32. The minimum absolute atomic E-state index is 0.0267. The number of nitriles is 1. The van der Waals surface area contributed by atoms with E-state index in [0.29, 0.717) is 0 Å². The van der Waals surface area contributed by atoms with Gasteiger partial charge in [-0.15, -0.1) is 11.8 Å². The van der Waals surface area contributed by atoms with E-state index in [1.807, 2.05) is 0 Å². The summed E-state index contributed by atoms with van der Waals surface area (Å²) in [5.74, 6) is -1.78. The van der Waals surface area contributed by atoms with Crippen molar-refractivity contribution in [1.82, 2.24) is 10.3 Å². The van der Waals surface area contributed by atoms with Crippen LogP contribution in [0.4, 0.5) is 5.69 Å². The lowest BCUT2D eigenvalue weighted by Gasteiger charge is -2.12. The molecule has 110 valence electrons. The number of thioether (sulfide) groups is 1. The van der Waals surface area contributed by atoms with E-state index in [9.17, 15) is 19.7 Å². The first-order valence-electron chi connectivity index (χ1n) is 5.52. The van der Waals surface area contributed by atoms with E-state index in [4.69, 9.17) is 10.4 Å².